The van der Waals surface area contributed by atoms with Crippen molar-refractivity contribution in [1.29, 1.82) is 0 Å². The second-order valence-electron chi connectivity index (χ2n) is 1.11. The van der Waals surface area contributed by atoms with E-state index in [1.165, 1.54) is 0 Å². The molecule has 7 heavy (non-hydrogen) atoms. The van der Waals surface area contributed by atoms with Crippen molar-refractivity contribution in [2.24, 2.45) is 5.73 Å². The number of carbonyl (C=O) groups is 1. The van der Waals surface area contributed by atoms with Crippen molar-refractivity contribution in [3.63, 3.8) is 0 Å². The summed E-state index contributed by atoms with van der Waals surface area (Å²) in [5.74, 6) is -0.959. The van der Waals surface area contributed by atoms with Crippen LogP contribution in [-0.4, -0.2) is 33.1 Å². The van der Waals surface area contributed by atoms with Crippen molar-refractivity contribution in [1.82, 2.24) is 0 Å². The number of aliphatic carboxylic acids is 1. The second kappa shape index (κ2) is 3.02. The van der Waals surface area contributed by atoms with Crippen LogP contribution in [0.2, 0.25) is 5.32 Å². The molecule has 3 nitrogen and oxygen atoms in total. The van der Waals surface area contributed by atoms with Crippen LogP contribution in [0.15, 0.2) is 0 Å². The number of rotatable bonds is 2. The van der Waals surface area contributed by atoms with Crippen LogP contribution in [0.25, 0.3) is 0 Å². The summed E-state index contributed by atoms with van der Waals surface area (Å²) in [6.07, 6.45) is 0. The molecule has 0 aromatic carbocycles. The molecule has 0 heterocycles. The Labute approximate surface area is 49.7 Å². The SMILES string of the molecule is N[C@@H](C[Se-])C(=O)O. The third kappa shape index (κ3) is 2.62. The summed E-state index contributed by atoms with van der Waals surface area (Å²) in [6.45, 7) is 0. The van der Waals surface area contributed by atoms with Crippen molar-refractivity contribution in [3.05, 3.63) is 0 Å². The van der Waals surface area contributed by atoms with Gasteiger partial charge in [0.05, 0.1) is 0 Å². The minimum absolute atomic E-state index is 0.370. The number of carboxylic acids is 1. The van der Waals surface area contributed by atoms with Gasteiger partial charge in [-0.05, 0) is 0 Å². The average molecular weight is 167 g/mol. The van der Waals surface area contributed by atoms with Crippen LogP contribution < -0.4 is 5.73 Å². The third-order valence-electron chi connectivity index (χ3n) is 0.497. The van der Waals surface area contributed by atoms with E-state index in [1.807, 2.05) is 0 Å². The molecule has 3 N–H and O–H groups in total. The fourth-order valence-electron chi connectivity index (χ4n) is 0.0713. The number of hydrogen-bond acceptors (Lipinski definition) is 2. The first-order valence-corrected chi connectivity index (χ1v) is 2.96. The monoisotopic (exact) mass is 168 g/mol. The molecule has 0 bridgehead atoms. The molecule has 0 aliphatic carbocycles. The van der Waals surface area contributed by atoms with Crippen molar-refractivity contribution in [3.8, 4) is 0 Å². The zero-order valence-electron chi connectivity index (χ0n) is 3.63. The van der Waals surface area contributed by atoms with Crippen LogP contribution in [0.1, 0.15) is 0 Å². The Balaban J connectivity index is 3.34. The van der Waals surface area contributed by atoms with E-state index in [-0.39, 0.29) is 0 Å². The summed E-state index contributed by atoms with van der Waals surface area (Å²) in [7, 11) is 0. The molecule has 4 heteroatoms. The molecule has 0 saturated heterocycles. The average Bonchev–Trinajstić information content (AvgIpc) is 1.65. The van der Waals surface area contributed by atoms with Gasteiger partial charge in [-0.3, -0.25) is 0 Å². The molecule has 1 atom stereocenters. The van der Waals surface area contributed by atoms with E-state index >= 15 is 0 Å². The van der Waals surface area contributed by atoms with Crippen LogP contribution >= 0.6 is 0 Å². The third-order valence-corrected chi connectivity index (χ3v) is 1.25. The Hall–Kier alpha value is -0.0505. The van der Waals surface area contributed by atoms with E-state index < -0.39 is 12.0 Å². The summed E-state index contributed by atoms with van der Waals surface area (Å²) in [5.41, 5.74) is 4.98. The Kier molecular flexibility index (Phi) is 3.00. The van der Waals surface area contributed by atoms with E-state index in [1.54, 1.807) is 0 Å². The van der Waals surface area contributed by atoms with Crippen LogP contribution in [-0.2, 0) is 4.79 Å². The summed E-state index contributed by atoms with van der Waals surface area (Å²) < 4.78 is 0. The molecule has 0 aromatic rings. The molecule has 0 rings (SSSR count). The zero-order chi connectivity index (χ0) is 5.86. The van der Waals surface area contributed by atoms with Gasteiger partial charge in [-0.1, -0.05) is 0 Å². The Morgan fingerprint density at radius 3 is 2.43 bits per heavy atom. The summed E-state index contributed by atoms with van der Waals surface area (Å²) in [5, 5.41) is 8.41. The molecule has 0 aromatic heterocycles. The molecule has 0 radical (unpaired) electrons. The van der Waals surface area contributed by atoms with Gasteiger partial charge in [-0.2, -0.15) is 0 Å². The minimum atomic E-state index is -0.959. The molecule has 0 fully saturated rings. The molecule has 42 valence electrons. The topological polar surface area (TPSA) is 63.3 Å². The molecule has 0 aliphatic heterocycles. The standard InChI is InChI=1S/C3H7NO2Se/c4-2(1-7)3(5)6/h2,7H,1,4H2,(H,5,6)/p-1/t2-/m0/s1. The molecule has 0 saturated carbocycles. The van der Waals surface area contributed by atoms with E-state index in [9.17, 15) is 4.79 Å². The summed E-state index contributed by atoms with van der Waals surface area (Å²) >= 11 is 2.52. The first kappa shape index (κ1) is 6.95. The van der Waals surface area contributed by atoms with Gasteiger partial charge in [-0.15, -0.1) is 0 Å². The second-order valence-corrected chi connectivity index (χ2v) is 1.81. The number of nitrogens with two attached hydrogens (primary N) is 1. The van der Waals surface area contributed by atoms with Crippen molar-refractivity contribution < 1.29 is 9.90 Å². The van der Waals surface area contributed by atoms with Gasteiger partial charge in [0.15, 0.2) is 0 Å². The molecule has 0 spiro atoms. The van der Waals surface area contributed by atoms with Gasteiger partial charge in [0, 0.05) is 0 Å². The number of hydrogen-bond donors (Lipinski definition) is 2. The zero-order valence-corrected chi connectivity index (χ0v) is 5.34. The van der Waals surface area contributed by atoms with Gasteiger partial charge in [0.25, 0.3) is 0 Å². The van der Waals surface area contributed by atoms with Crippen molar-refractivity contribution in [2.75, 3.05) is 0 Å². The van der Waals surface area contributed by atoms with Gasteiger partial charge in [-0.25, -0.2) is 0 Å². The predicted molar refractivity (Wildman–Crippen MR) is 26.2 cm³/mol. The number of carboxylic acid groups (broad SMARTS) is 1. The van der Waals surface area contributed by atoms with E-state index in [0.29, 0.717) is 5.32 Å². The fourth-order valence-corrected chi connectivity index (χ4v) is 0.370. The van der Waals surface area contributed by atoms with Gasteiger partial charge in [0.2, 0.25) is 0 Å². The predicted octanol–water partition coefficient (Wildman–Crippen LogP) is -1.01. The maximum absolute atomic E-state index is 9.79. The first-order valence-electron chi connectivity index (χ1n) is 1.75. The normalized spacial score (nSPS) is 13.4. The van der Waals surface area contributed by atoms with Crippen molar-refractivity contribution in [2.45, 2.75) is 11.4 Å². The van der Waals surface area contributed by atoms with E-state index in [0.717, 1.165) is 0 Å². The van der Waals surface area contributed by atoms with Crippen LogP contribution in [0, 0.1) is 0 Å². The van der Waals surface area contributed by atoms with Crippen LogP contribution in [0.5, 0.6) is 0 Å². The fraction of sp³-hybridized carbons (Fsp3) is 0.667. The molecule has 0 unspecified atom stereocenters. The molecular weight excluding hydrogens is 161 g/mol. The van der Waals surface area contributed by atoms with E-state index in [4.69, 9.17) is 10.8 Å². The first-order chi connectivity index (χ1) is 3.18. The van der Waals surface area contributed by atoms with Crippen LogP contribution in [0.3, 0.4) is 0 Å². The Bertz CT molecular complexity index is 75.3. The summed E-state index contributed by atoms with van der Waals surface area (Å²) in [4.78, 5) is 9.79. The van der Waals surface area contributed by atoms with Gasteiger partial charge >= 0.3 is 49.0 Å². The van der Waals surface area contributed by atoms with Crippen molar-refractivity contribution >= 4 is 22.0 Å². The van der Waals surface area contributed by atoms with Gasteiger partial charge < -0.3 is 0 Å². The molecular formula is C3H6NO2Se-. The quantitative estimate of drug-likeness (QED) is 0.517. The van der Waals surface area contributed by atoms with Gasteiger partial charge in [0.1, 0.15) is 0 Å². The summed E-state index contributed by atoms with van der Waals surface area (Å²) in [6, 6.07) is -0.736. The molecule has 0 amide bonds. The van der Waals surface area contributed by atoms with Crippen LogP contribution in [0.4, 0.5) is 0 Å². The maximum atomic E-state index is 9.79. The van der Waals surface area contributed by atoms with E-state index in [2.05, 4.69) is 16.0 Å². The Morgan fingerprint density at radius 1 is 2.00 bits per heavy atom. The Morgan fingerprint density at radius 2 is 2.43 bits per heavy atom. The molecule has 0 aliphatic rings.